The Morgan fingerprint density at radius 2 is 1.87 bits per heavy atom. The number of nitrogens with zero attached hydrogens (tertiary/aromatic N) is 6. The number of rotatable bonds is 12. The Balaban J connectivity index is 1.27. The van der Waals surface area contributed by atoms with Crippen LogP contribution in [0, 0.1) is 0 Å². The van der Waals surface area contributed by atoms with Gasteiger partial charge in [-0.15, -0.1) is 11.8 Å². The summed E-state index contributed by atoms with van der Waals surface area (Å²) in [5.41, 5.74) is 3.39. The molecule has 3 aromatic rings. The molecule has 2 saturated heterocycles. The number of β-lactam (4-membered cyclic amide) rings is 1. The number of nitrogens with one attached hydrogen (secondary N) is 1. The molecule has 0 saturated carbocycles. The molecular formula is C32H35ClN8O10S2. The van der Waals surface area contributed by atoms with Crippen LogP contribution in [0.25, 0.3) is 10.9 Å². The number of fused-ring (bicyclic) bond motifs is 2. The molecule has 2 fully saturated rings. The molecule has 1 aromatic carbocycles. The van der Waals surface area contributed by atoms with E-state index >= 15 is 0 Å². The summed E-state index contributed by atoms with van der Waals surface area (Å²) in [6.45, 7) is 6.12. The van der Waals surface area contributed by atoms with E-state index in [1.807, 2.05) is 6.92 Å². The number of benzene rings is 1. The SMILES string of the molecule is CCn1nc(C[N+]2(CC3=C(C(=O)[O-])N4C(=O)[C@@H](NC(=O)/C(=N\OC(C)(C)C(=O)O)c5nc(N)sc5Cl)[C@H]4SC3)CCCC2)c(=O)c2cc(O)c(O)cc21. The molecule has 0 radical (unpaired) electrons. The lowest BCUT2D eigenvalue weighted by Crippen LogP contribution is -2.72. The second-order valence-electron chi connectivity index (χ2n) is 13.4. The standard InChI is InChI=1S/C32H35ClN8O10S2/c1-4-39-17-10-19(43)18(42)9-15(17)24(44)16(37-39)12-41(7-5-6-8-41)11-14-13-52-28-22(27(46)40(28)23(14)29(47)48)35-26(45)21(20-25(33)53-31(34)36-20)38-51-32(2,3)30(49)50/h9-10,22,28H,4-8,11-13H2,1-3H3,(H6-,34,35,36,37,38,42,43,44,45,47,48,49,50)/t22-,28-/m1/s1. The van der Waals surface area contributed by atoms with E-state index < -0.39 is 57.7 Å². The van der Waals surface area contributed by atoms with Crippen LogP contribution in [0.1, 0.15) is 45.0 Å². The predicted octanol–water partition coefficient (Wildman–Crippen LogP) is 0.318. The van der Waals surface area contributed by atoms with Crippen molar-refractivity contribution in [2.75, 3.05) is 31.1 Å². The molecular weight excluding hydrogens is 756 g/mol. The molecule has 2 aromatic heterocycles. The smallest absolute Gasteiger partial charge is 0.350 e. The molecule has 21 heteroatoms. The maximum atomic E-state index is 13.7. The van der Waals surface area contributed by atoms with Crippen molar-refractivity contribution in [3.05, 3.63) is 49.4 Å². The summed E-state index contributed by atoms with van der Waals surface area (Å²) in [5.74, 6) is -5.35. The fourth-order valence-electron chi connectivity index (χ4n) is 6.66. The number of hydrogen-bond donors (Lipinski definition) is 5. The first kappa shape index (κ1) is 37.8. The number of carboxylic acid groups (broad SMARTS) is 2. The van der Waals surface area contributed by atoms with Crippen LogP contribution in [0.4, 0.5) is 5.13 Å². The van der Waals surface area contributed by atoms with E-state index in [2.05, 4.69) is 20.6 Å². The number of carboxylic acids is 2. The minimum absolute atomic E-state index is 0.0153. The maximum absolute atomic E-state index is 13.7. The van der Waals surface area contributed by atoms with Gasteiger partial charge in [0.15, 0.2) is 28.0 Å². The summed E-state index contributed by atoms with van der Waals surface area (Å²) in [6.07, 6.45) is 1.60. The zero-order valence-corrected chi connectivity index (χ0v) is 31.0. The Kier molecular flexibility index (Phi) is 10.1. The average molecular weight is 791 g/mol. The third kappa shape index (κ3) is 6.98. The van der Waals surface area contributed by atoms with Crippen molar-refractivity contribution in [2.45, 2.75) is 63.7 Å². The van der Waals surface area contributed by atoms with E-state index in [9.17, 15) is 44.4 Å². The first-order chi connectivity index (χ1) is 25.0. The highest BCUT2D eigenvalue weighted by Gasteiger charge is 2.54. The molecule has 6 N–H and O–H groups in total. The van der Waals surface area contributed by atoms with Crippen LogP contribution in [0.2, 0.25) is 4.34 Å². The van der Waals surface area contributed by atoms with Gasteiger partial charge in [0.05, 0.1) is 35.7 Å². The number of hydrogen-bond acceptors (Lipinski definition) is 15. The van der Waals surface area contributed by atoms with Gasteiger partial charge in [0.25, 0.3) is 11.8 Å². The number of oxime groups is 1. The van der Waals surface area contributed by atoms with Crippen molar-refractivity contribution in [3.63, 3.8) is 0 Å². The third-order valence-corrected chi connectivity index (χ3v) is 11.8. The molecule has 282 valence electrons. The number of carbonyl (C=O) groups excluding carboxylic acids is 3. The lowest BCUT2D eigenvalue weighted by molar-refractivity contribution is -0.925. The van der Waals surface area contributed by atoms with E-state index in [0.717, 1.165) is 29.1 Å². The summed E-state index contributed by atoms with van der Waals surface area (Å²) in [5, 5.41) is 52.5. The van der Waals surface area contributed by atoms with Crippen LogP contribution in [-0.2, 0) is 37.1 Å². The van der Waals surface area contributed by atoms with E-state index in [0.29, 0.717) is 30.7 Å². The molecule has 2 amide bonds. The quantitative estimate of drug-likeness (QED) is 0.0544. The zero-order chi connectivity index (χ0) is 38.6. The Morgan fingerprint density at radius 3 is 2.47 bits per heavy atom. The van der Waals surface area contributed by atoms with Crippen molar-refractivity contribution >= 4 is 80.2 Å². The highest BCUT2D eigenvalue weighted by atomic mass is 35.5. The number of nitrogen functional groups attached to an aromatic ring is 1. The molecule has 0 spiro atoms. The number of aliphatic carboxylic acids is 2. The van der Waals surface area contributed by atoms with Crippen molar-refractivity contribution in [1.82, 2.24) is 25.0 Å². The van der Waals surface area contributed by atoms with E-state index in [1.165, 1.54) is 37.7 Å². The Morgan fingerprint density at radius 1 is 1.19 bits per heavy atom. The molecule has 0 bridgehead atoms. The van der Waals surface area contributed by atoms with Gasteiger partial charge >= 0.3 is 5.97 Å². The minimum Gasteiger partial charge on any atom is -0.543 e. The van der Waals surface area contributed by atoms with Gasteiger partial charge in [-0.1, -0.05) is 28.1 Å². The first-order valence-corrected chi connectivity index (χ1v) is 18.6. The van der Waals surface area contributed by atoms with Gasteiger partial charge in [0, 0.05) is 36.8 Å². The number of halogens is 1. The number of phenols is 2. The lowest BCUT2D eigenvalue weighted by Gasteiger charge is -2.51. The highest BCUT2D eigenvalue weighted by molar-refractivity contribution is 8.00. The Hall–Kier alpha value is -4.92. The topological polar surface area (TPSA) is 263 Å². The molecule has 3 aliphatic heterocycles. The Labute approximate surface area is 314 Å². The largest absolute Gasteiger partial charge is 0.543 e. The van der Waals surface area contributed by atoms with Crippen LogP contribution in [-0.4, -0.2) is 111 Å². The number of carbonyl (C=O) groups is 4. The zero-order valence-electron chi connectivity index (χ0n) is 28.6. The van der Waals surface area contributed by atoms with Crippen LogP contribution in [0.3, 0.4) is 0 Å². The minimum atomic E-state index is -1.86. The van der Waals surface area contributed by atoms with Gasteiger partial charge in [-0.2, -0.15) is 5.10 Å². The van der Waals surface area contributed by atoms with Crippen LogP contribution in [0.5, 0.6) is 11.5 Å². The number of thioether (sulfide) groups is 1. The Bertz CT molecular complexity index is 2180. The molecule has 18 nitrogen and oxygen atoms in total. The number of likely N-dealkylation sites (tertiary alicyclic amines) is 1. The average Bonchev–Trinajstić information content (AvgIpc) is 3.70. The molecule has 6 rings (SSSR count). The van der Waals surface area contributed by atoms with Crippen LogP contribution < -0.4 is 21.6 Å². The van der Waals surface area contributed by atoms with Gasteiger partial charge in [0.2, 0.25) is 11.0 Å². The van der Waals surface area contributed by atoms with Gasteiger partial charge in [0.1, 0.15) is 34.5 Å². The van der Waals surface area contributed by atoms with Gasteiger partial charge in [-0.25, -0.2) is 9.78 Å². The van der Waals surface area contributed by atoms with Crippen LogP contribution in [0.15, 0.2) is 33.4 Å². The summed E-state index contributed by atoms with van der Waals surface area (Å²) >= 11 is 8.28. The fourth-order valence-corrected chi connectivity index (χ4v) is 8.93. The number of aromatic hydroxyl groups is 2. The molecule has 5 heterocycles. The lowest BCUT2D eigenvalue weighted by atomic mass is 10.0. The first-order valence-electron chi connectivity index (χ1n) is 16.4. The summed E-state index contributed by atoms with van der Waals surface area (Å²) in [7, 11) is 0. The summed E-state index contributed by atoms with van der Waals surface area (Å²) < 4.78 is 1.80. The van der Waals surface area contributed by atoms with E-state index in [1.54, 1.807) is 4.68 Å². The molecule has 0 aliphatic carbocycles. The number of aromatic nitrogens is 3. The third-order valence-electron chi connectivity index (χ3n) is 9.39. The van der Waals surface area contributed by atoms with E-state index in [-0.39, 0.29) is 61.0 Å². The molecule has 0 unspecified atom stereocenters. The number of amides is 2. The highest BCUT2D eigenvalue weighted by Crippen LogP contribution is 2.42. The number of phenolic OH excluding ortho intramolecular Hbond substituents is 2. The monoisotopic (exact) mass is 790 g/mol. The molecule has 2 atom stereocenters. The van der Waals surface area contributed by atoms with Crippen molar-refractivity contribution in [1.29, 1.82) is 0 Å². The van der Waals surface area contributed by atoms with Gasteiger partial charge < -0.3 is 45.6 Å². The van der Waals surface area contributed by atoms with Crippen molar-refractivity contribution in [2.24, 2.45) is 5.16 Å². The molecule has 53 heavy (non-hydrogen) atoms. The second kappa shape index (κ2) is 14.1. The normalized spacial score (nSPS) is 20.0. The summed E-state index contributed by atoms with van der Waals surface area (Å²) in [4.78, 5) is 75.3. The fraction of sp³-hybridized carbons (Fsp3) is 0.438. The number of aryl methyl sites for hydroxylation is 1. The van der Waals surface area contributed by atoms with Crippen molar-refractivity contribution < 1.29 is 48.9 Å². The predicted molar refractivity (Wildman–Crippen MR) is 191 cm³/mol. The summed E-state index contributed by atoms with van der Waals surface area (Å²) in [6, 6.07) is 1.28. The maximum Gasteiger partial charge on any atom is 0.350 e. The van der Waals surface area contributed by atoms with Gasteiger partial charge in [-0.3, -0.25) is 24.0 Å². The number of quaternary nitrogens is 1. The number of anilines is 1. The van der Waals surface area contributed by atoms with Crippen molar-refractivity contribution in [3.8, 4) is 11.5 Å². The number of nitrogens with two attached hydrogens (primary N) is 1. The second-order valence-corrected chi connectivity index (χ2v) is 16.1. The van der Waals surface area contributed by atoms with E-state index in [4.69, 9.17) is 22.2 Å². The van der Waals surface area contributed by atoms with Crippen LogP contribution >= 0.6 is 34.7 Å². The molecule has 3 aliphatic rings. The van der Waals surface area contributed by atoms with Gasteiger partial charge in [-0.05, 0) is 26.8 Å². The number of thiazole rings is 1.